The molecule has 0 aliphatic rings. The van der Waals surface area contributed by atoms with Crippen LogP contribution in [-0.2, 0) is 0 Å². The Labute approximate surface area is 127 Å². The maximum absolute atomic E-state index is 12.2. The Hall–Kier alpha value is -2.16. The molecule has 1 unspecified atom stereocenters. The van der Waals surface area contributed by atoms with E-state index in [4.69, 9.17) is 5.11 Å². The average molecular weight is 300 g/mol. The maximum atomic E-state index is 12.2. The molecule has 5 heteroatoms. The van der Waals surface area contributed by atoms with Crippen LogP contribution in [0.25, 0.3) is 0 Å². The number of thiophene rings is 1. The molecule has 0 aliphatic carbocycles. The normalized spacial score (nSPS) is 11.3. The molecule has 0 spiro atoms. The second-order valence-corrected chi connectivity index (χ2v) is 5.27. The van der Waals surface area contributed by atoms with Crippen LogP contribution in [-0.4, -0.2) is 22.6 Å². The molecule has 2 aromatic heterocycles. The van der Waals surface area contributed by atoms with Crippen molar-refractivity contribution in [1.82, 2.24) is 10.3 Å². The number of nitrogens with one attached hydrogen (secondary N) is 1. The monoisotopic (exact) mass is 300 g/mol. The first-order valence-corrected chi connectivity index (χ1v) is 7.52. The van der Waals surface area contributed by atoms with E-state index < -0.39 is 0 Å². The predicted octanol–water partition coefficient (Wildman–Crippen LogP) is 2.37. The van der Waals surface area contributed by atoms with Gasteiger partial charge in [0, 0.05) is 24.4 Å². The van der Waals surface area contributed by atoms with E-state index in [0.29, 0.717) is 17.5 Å². The summed E-state index contributed by atoms with van der Waals surface area (Å²) in [6, 6.07) is 3.64. The van der Waals surface area contributed by atoms with Crippen LogP contribution in [0.2, 0.25) is 0 Å². The zero-order valence-electron chi connectivity index (χ0n) is 11.7. The lowest BCUT2D eigenvalue weighted by molar-refractivity contribution is 0.0939. The molecule has 21 heavy (non-hydrogen) atoms. The van der Waals surface area contributed by atoms with Crippen molar-refractivity contribution in [1.29, 1.82) is 0 Å². The first-order valence-electron chi connectivity index (χ1n) is 6.58. The number of hydrogen-bond acceptors (Lipinski definition) is 4. The molecule has 0 saturated heterocycles. The standard InChI is InChI=1S/C16H16N2O2S/c1-12(14-5-7-21-11-14)18-16(20)15-8-13(9-17-10-15)4-2-3-6-19/h5,7-12,19H,3,6H2,1H3,(H,18,20). The summed E-state index contributed by atoms with van der Waals surface area (Å²) in [5.41, 5.74) is 2.23. The molecule has 108 valence electrons. The van der Waals surface area contributed by atoms with Gasteiger partial charge in [-0.25, -0.2) is 0 Å². The maximum Gasteiger partial charge on any atom is 0.253 e. The molecule has 0 aliphatic heterocycles. The highest BCUT2D eigenvalue weighted by molar-refractivity contribution is 7.07. The van der Waals surface area contributed by atoms with Gasteiger partial charge in [-0.1, -0.05) is 11.8 Å². The predicted molar refractivity (Wildman–Crippen MR) is 83.0 cm³/mol. The molecular weight excluding hydrogens is 284 g/mol. The lowest BCUT2D eigenvalue weighted by Gasteiger charge is -2.12. The molecule has 1 atom stereocenters. The van der Waals surface area contributed by atoms with Crippen molar-refractivity contribution in [3.63, 3.8) is 0 Å². The number of rotatable bonds is 4. The topological polar surface area (TPSA) is 62.2 Å². The molecule has 0 radical (unpaired) electrons. The number of aliphatic hydroxyl groups is 1. The summed E-state index contributed by atoms with van der Waals surface area (Å²) in [7, 11) is 0. The van der Waals surface area contributed by atoms with E-state index in [1.54, 1.807) is 23.6 Å². The summed E-state index contributed by atoms with van der Waals surface area (Å²) in [4.78, 5) is 16.2. The highest BCUT2D eigenvalue weighted by Gasteiger charge is 2.12. The first kappa shape index (κ1) is 15.2. The van der Waals surface area contributed by atoms with Gasteiger partial charge in [-0.2, -0.15) is 11.3 Å². The van der Waals surface area contributed by atoms with Crippen molar-refractivity contribution in [3.8, 4) is 11.8 Å². The Balaban J connectivity index is 2.06. The second-order valence-electron chi connectivity index (χ2n) is 4.49. The molecule has 2 heterocycles. The second kappa shape index (κ2) is 7.58. The van der Waals surface area contributed by atoms with Crippen LogP contribution >= 0.6 is 11.3 Å². The van der Waals surface area contributed by atoms with Crippen LogP contribution in [0.15, 0.2) is 35.3 Å². The van der Waals surface area contributed by atoms with Gasteiger partial charge in [0.15, 0.2) is 0 Å². The Morgan fingerprint density at radius 2 is 2.38 bits per heavy atom. The Morgan fingerprint density at radius 1 is 1.52 bits per heavy atom. The number of nitrogens with zero attached hydrogens (tertiary/aromatic N) is 1. The lowest BCUT2D eigenvalue weighted by atomic mass is 10.1. The number of aromatic nitrogens is 1. The van der Waals surface area contributed by atoms with Gasteiger partial charge in [-0.3, -0.25) is 9.78 Å². The third-order valence-corrected chi connectivity index (χ3v) is 3.56. The molecule has 1 amide bonds. The summed E-state index contributed by atoms with van der Waals surface area (Å²) in [5, 5.41) is 15.6. The Bertz CT molecular complexity index is 656. The number of amides is 1. The van der Waals surface area contributed by atoms with Crippen LogP contribution in [0.1, 0.15) is 40.9 Å². The fourth-order valence-corrected chi connectivity index (χ4v) is 2.49. The fourth-order valence-electron chi connectivity index (χ4n) is 1.74. The van der Waals surface area contributed by atoms with E-state index >= 15 is 0 Å². The third-order valence-electron chi connectivity index (χ3n) is 2.86. The van der Waals surface area contributed by atoms with Gasteiger partial charge in [-0.15, -0.1) is 0 Å². The Kier molecular flexibility index (Phi) is 5.50. The van der Waals surface area contributed by atoms with E-state index in [0.717, 1.165) is 5.56 Å². The molecular formula is C16H16N2O2S. The summed E-state index contributed by atoms with van der Waals surface area (Å²) in [6.07, 6.45) is 3.53. The van der Waals surface area contributed by atoms with Crippen molar-refractivity contribution in [2.75, 3.05) is 6.61 Å². The van der Waals surface area contributed by atoms with Gasteiger partial charge in [-0.05, 0) is 35.4 Å². The zero-order valence-corrected chi connectivity index (χ0v) is 12.5. The number of carbonyl (C=O) groups excluding carboxylic acids is 1. The number of aliphatic hydroxyl groups excluding tert-OH is 1. The van der Waals surface area contributed by atoms with Crippen LogP contribution in [0.4, 0.5) is 0 Å². The molecule has 0 saturated carbocycles. The van der Waals surface area contributed by atoms with Crippen molar-refractivity contribution >= 4 is 17.2 Å². The summed E-state index contributed by atoms with van der Waals surface area (Å²) < 4.78 is 0. The van der Waals surface area contributed by atoms with Crippen molar-refractivity contribution in [2.45, 2.75) is 19.4 Å². The van der Waals surface area contributed by atoms with Gasteiger partial charge in [0.1, 0.15) is 0 Å². The minimum atomic E-state index is -0.174. The first-order chi connectivity index (χ1) is 10.2. The number of hydrogen-bond donors (Lipinski definition) is 2. The SMILES string of the molecule is CC(NC(=O)c1cncc(C#CCCO)c1)c1ccsc1. The van der Waals surface area contributed by atoms with Crippen molar-refractivity contribution < 1.29 is 9.90 Å². The lowest BCUT2D eigenvalue weighted by Crippen LogP contribution is -2.26. The van der Waals surface area contributed by atoms with Gasteiger partial charge in [0.2, 0.25) is 0 Å². The largest absolute Gasteiger partial charge is 0.395 e. The van der Waals surface area contributed by atoms with Crippen LogP contribution < -0.4 is 5.32 Å². The third kappa shape index (κ3) is 4.42. The highest BCUT2D eigenvalue weighted by Crippen LogP contribution is 2.16. The highest BCUT2D eigenvalue weighted by atomic mass is 32.1. The molecule has 4 nitrogen and oxygen atoms in total. The molecule has 0 fully saturated rings. The molecule has 0 aromatic carbocycles. The van der Waals surface area contributed by atoms with E-state index in [2.05, 4.69) is 22.1 Å². The van der Waals surface area contributed by atoms with Gasteiger partial charge in [0.25, 0.3) is 5.91 Å². The number of pyridine rings is 1. The molecule has 2 N–H and O–H groups in total. The smallest absolute Gasteiger partial charge is 0.253 e. The van der Waals surface area contributed by atoms with Crippen molar-refractivity contribution in [3.05, 3.63) is 52.0 Å². The minimum absolute atomic E-state index is 0.0265. The van der Waals surface area contributed by atoms with E-state index in [1.807, 2.05) is 23.8 Å². The molecule has 0 bridgehead atoms. The average Bonchev–Trinajstić information content (AvgIpc) is 3.02. The van der Waals surface area contributed by atoms with E-state index in [9.17, 15) is 4.79 Å². The van der Waals surface area contributed by atoms with E-state index in [-0.39, 0.29) is 18.6 Å². The summed E-state index contributed by atoms with van der Waals surface area (Å²) in [6.45, 7) is 1.97. The Morgan fingerprint density at radius 3 is 3.10 bits per heavy atom. The minimum Gasteiger partial charge on any atom is -0.395 e. The summed E-state index contributed by atoms with van der Waals surface area (Å²) >= 11 is 1.60. The van der Waals surface area contributed by atoms with E-state index in [1.165, 1.54) is 6.20 Å². The van der Waals surface area contributed by atoms with Crippen LogP contribution in [0, 0.1) is 11.8 Å². The van der Waals surface area contributed by atoms with Gasteiger partial charge >= 0.3 is 0 Å². The molecule has 2 rings (SSSR count). The van der Waals surface area contributed by atoms with Crippen molar-refractivity contribution in [2.24, 2.45) is 0 Å². The van der Waals surface area contributed by atoms with Crippen LogP contribution in [0.3, 0.4) is 0 Å². The molecule has 2 aromatic rings. The quantitative estimate of drug-likeness (QED) is 0.852. The summed E-state index contributed by atoms with van der Waals surface area (Å²) in [5.74, 6) is 5.51. The van der Waals surface area contributed by atoms with Crippen LogP contribution in [0.5, 0.6) is 0 Å². The van der Waals surface area contributed by atoms with Gasteiger partial charge < -0.3 is 10.4 Å². The zero-order chi connectivity index (χ0) is 15.1. The van der Waals surface area contributed by atoms with Gasteiger partial charge in [0.05, 0.1) is 18.2 Å². The fraction of sp³-hybridized carbons (Fsp3) is 0.250. The number of carbonyl (C=O) groups is 1.